The van der Waals surface area contributed by atoms with Gasteiger partial charge in [-0.3, -0.25) is 4.79 Å². The number of carbonyl (C=O) groups excluding carboxylic acids is 1. The number of aryl methyl sites for hydroxylation is 1. The third-order valence-corrected chi connectivity index (χ3v) is 3.24. The van der Waals surface area contributed by atoms with Gasteiger partial charge < -0.3 is 15.0 Å². The number of amides is 1. The van der Waals surface area contributed by atoms with E-state index in [1.54, 1.807) is 24.1 Å². The van der Waals surface area contributed by atoms with Crippen molar-refractivity contribution in [2.24, 2.45) is 0 Å². The summed E-state index contributed by atoms with van der Waals surface area (Å²) in [5, 5.41) is 12.2. The number of methoxy groups -OCH3 is 1. The zero-order valence-electron chi connectivity index (χ0n) is 11.1. The van der Waals surface area contributed by atoms with Crippen molar-refractivity contribution >= 4 is 5.91 Å². The molecule has 1 fully saturated rings. The summed E-state index contributed by atoms with van der Waals surface area (Å²) in [6.07, 6.45) is 0. The van der Waals surface area contributed by atoms with Crippen LogP contribution in [-0.4, -0.2) is 43.6 Å². The number of benzene rings is 1. The smallest absolute Gasteiger partial charge is 0.258 e. The Hall–Kier alpha value is -2.06. The van der Waals surface area contributed by atoms with Crippen LogP contribution in [0.4, 0.5) is 0 Å². The molecule has 1 aliphatic heterocycles. The van der Waals surface area contributed by atoms with Gasteiger partial charge in [0, 0.05) is 19.6 Å². The zero-order valence-corrected chi connectivity index (χ0v) is 11.1. The van der Waals surface area contributed by atoms with E-state index in [9.17, 15) is 4.79 Å². The molecule has 5 nitrogen and oxygen atoms in total. The molecule has 0 spiro atoms. The molecule has 1 aliphatic rings. The monoisotopic (exact) mass is 259 g/mol. The Morgan fingerprint density at radius 2 is 2.37 bits per heavy atom. The Bertz CT molecular complexity index is 522. The minimum atomic E-state index is -0.425. The topological polar surface area (TPSA) is 65.4 Å². The van der Waals surface area contributed by atoms with Crippen molar-refractivity contribution in [3.63, 3.8) is 0 Å². The van der Waals surface area contributed by atoms with E-state index in [1.807, 2.05) is 13.0 Å². The SMILES string of the molecule is COc1ccc(C)cc1C(=O)N1CCNCC1C#N. The molecular weight excluding hydrogens is 242 g/mol. The molecule has 1 aromatic carbocycles. The van der Waals surface area contributed by atoms with Crippen LogP contribution in [0.2, 0.25) is 0 Å². The predicted molar refractivity (Wildman–Crippen MR) is 71.0 cm³/mol. The summed E-state index contributed by atoms with van der Waals surface area (Å²) < 4.78 is 5.24. The number of rotatable bonds is 2. The minimum Gasteiger partial charge on any atom is -0.496 e. The molecule has 1 unspecified atom stereocenters. The van der Waals surface area contributed by atoms with Crippen molar-refractivity contribution in [2.45, 2.75) is 13.0 Å². The third-order valence-electron chi connectivity index (χ3n) is 3.24. The van der Waals surface area contributed by atoms with Crippen molar-refractivity contribution in [3.8, 4) is 11.8 Å². The number of ether oxygens (including phenoxy) is 1. The molecule has 0 bridgehead atoms. The highest BCUT2D eigenvalue weighted by molar-refractivity contribution is 5.97. The molecule has 1 amide bonds. The van der Waals surface area contributed by atoms with Crippen LogP contribution in [0.15, 0.2) is 18.2 Å². The molecule has 5 heteroatoms. The average Bonchev–Trinajstić information content (AvgIpc) is 2.46. The number of carbonyl (C=O) groups is 1. The normalized spacial score (nSPS) is 18.8. The lowest BCUT2D eigenvalue weighted by atomic mass is 10.1. The van der Waals surface area contributed by atoms with Crippen molar-refractivity contribution in [3.05, 3.63) is 29.3 Å². The summed E-state index contributed by atoms with van der Waals surface area (Å²) in [6, 6.07) is 7.22. The minimum absolute atomic E-state index is 0.145. The highest BCUT2D eigenvalue weighted by Gasteiger charge is 2.28. The maximum absolute atomic E-state index is 12.6. The second-order valence-electron chi connectivity index (χ2n) is 4.55. The summed E-state index contributed by atoms with van der Waals surface area (Å²) in [5.41, 5.74) is 1.51. The number of nitriles is 1. The maximum Gasteiger partial charge on any atom is 0.258 e. The molecule has 0 aromatic heterocycles. The van der Waals surface area contributed by atoms with Crippen LogP contribution in [0.25, 0.3) is 0 Å². The van der Waals surface area contributed by atoms with Gasteiger partial charge in [-0.1, -0.05) is 11.6 Å². The Morgan fingerprint density at radius 1 is 1.58 bits per heavy atom. The zero-order chi connectivity index (χ0) is 13.8. The number of hydrogen-bond acceptors (Lipinski definition) is 4. The fourth-order valence-corrected chi connectivity index (χ4v) is 2.21. The Kier molecular flexibility index (Phi) is 4.03. The standard InChI is InChI=1S/C14H17N3O2/c1-10-3-4-13(19-2)12(7-10)14(18)17-6-5-16-9-11(17)8-15/h3-4,7,11,16H,5-6,9H2,1-2H3. The second kappa shape index (κ2) is 5.72. The fourth-order valence-electron chi connectivity index (χ4n) is 2.21. The van der Waals surface area contributed by atoms with Gasteiger partial charge in [0.2, 0.25) is 0 Å². The molecule has 1 N–H and O–H groups in total. The molecule has 2 rings (SSSR count). The van der Waals surface area contributed by atoms with E-state index < -0.39 is 6.04 Å². The highest BCUT2D eigenvalue weighted by atomic mass is 16.5. The van der Waals surface area contributed by atoms with Crippen LogP contribution in [0.3, 0.4) is 0 Å². The van der Waals surface area contributed by atoms with Gasteiger partial charge in [0.1, 0.15) is 11.8 Å². The number of hydrogen-bond donors (Lipinski definition) is 1. The van der Waals surface area contributed by atoms with Crippen molar-refractivity contribution < 1.29 is 9.53 Å². The van der Waals surface area contributed by atoms with Crippen LogP contribution < -0.4 is 10.1 Å². The van der Waals surface area contributed by atoms with Gasteiger partial charge in [-0.2, -0.15) is 5.26 Å². The first-order chi connectivity index (χ1) is 9.17. The first-order valence-electron chi connectivity index (χ1n) is 6.23. The first kappa shape index (κ1) is 13.4. The van der Waals surface area contributed by atoms with E-state index in [2.05, 4.69) is 11.4 Å². The quantitative estimate of drug-likeness (QED) is 0.858. The van der Waals surface area contributed by atoms with E-state index in [4.69, 9.17) is 10.00 Å². The molecule has 19 heavy (non-hydrogen) atoms. The summed E-state index contributed by atoms with van der Waals surface area (Å²) in [6.45, 7) is 3.68. The van der Waals surface area contributed by atoms with Gasteiger partial charge in [0.15, 0.2) is 0 Å². The molecule has 1 saturated heterocycles. The maximum atomic E-state index is 12.6. The van der Waals surface area contributed by atoms with Crippen LogP contribution in [0.1, 0.15) is 15.9 Å². The lowest BCUT2D eigenvalue weighted by molar-refractivity contribution is 0.0683. The Labute approximate surface area is 112 Å². The summed E-state index contributed by atoms with van der Waals surface area (Å²) >= 11 is 0. The number of nitrogens with one attached hydrogen (secondary N) is 1. The Morgan fingerprint density at radius 3 is 3.05 bits per heavy atom. The van der Waals surface area contributed by atoms with Crippen LogP contribution in [0.5, 0.6) is 5.75 Å². The summed E-state index contributed by atoms with van der Waals surface area (Å²) in [7, 11) is 1.54. The third kappa shape index (κ3) is 2.69. The van der Waals surface area contributed by atoms with E-state index in [0.717, 1.165) is 5.56 Å². The number of nitrogens with zero attached hydrogens (tertiary/aromatic N) is 2. The predicted octanol–water partition coefficient (Wildman–Crippen LogP) is 0.941. The molecule has 100 valence electrons. The Balaban J connectivity index is 2.33. The fraction of sp³-hybridized carbons (Fsp3) is 0.429. The summed E-state index contributed by atoms with van der Waals surface area (Å²) in [4.78, 5) is 14.2. The van der Waals surface area contributed by atoms with E-state index in [1.165, 1.54) is 0 Å². The molecule has 0 aliphatic carbocycles. The van der Waals surface area contributed by atoms with Crippen LogP contribution in [-0.2, 0) is 0 Å². The van der Waals surface area contributed by atoms with Gasteiger partial charge in [-0.05, 0) is 19.1 Å². The molecule has 0 radical (unpaired) electrons. The highest BCUT2D eigenvalue weighted by Crippen LogP contribution is 2.22. The lowest BCUT2D eigenvalue weighted by Crippen LogP contribution is -2.53. The van der Waals surface area contributed by atoms with Gasteiger partial charge in [0.05, 0.1) is 18.7 Å². The largest absolute Gasteiger partial charge is 0.496 e. The molecule has 1 aromatic rings. The van der Waals surface area contributed by atoms with Gasteiger partial charge >= 0.3 is 0 Å². The van der Waals surface area contributed by atoms with Gasteiger partial charge in [-0.15, -0.1) is 0 Å². The number of piperazine rings is 1. The van der Waals surface area contributed by atoms with Crippen molar-refractivity contribution in [2.75, 3.05) is 26.7 Å². The van der Waals surface area contributed by atoms with Crippen LogP contribution in [0, 0.1) is 18.3 Å². The van der Waals surface area contributed by atoms with Gasteiger partial charge in [0.25, 0.3) is 5.91 Å². The molecule has 0 saturated carbocycles. The average molecular weight is 259 g/mol. The lowest BCUT2D eigenvalue weighted by Gasteiger charge is -2.32. The molecule has 1 atom stereocenters. The molecular formula is C14H17N3O2. The van der Waals surface area contributed by atoms with Gasteiger partial charge in [-0.25, -0.2) is 0 Å². The van der Waals surface area contributed by atoms with E-state index in [-0.39, 0.29) is 5.91 Å². The van der Waals surface area contributed by atoms with Crippen LogP contribution >= 0.6 is 0 Å². The van der Waals surface area contributed by atoms with Crippen molar-refractivity contribution in [1.29, 1.82) is 5.26 Å². The molecule has 1 heterocycles. The van der Waals surface area contributed by atoms with E-state index >= 15 is 0 Å². The first-order valence-corrected chi connectivity index (χ1v) is 6.23. The summed E-state index contributed by atoms with van der Waals surface area (Å²) in [5.74, 6) is 0.402. The second-order valence-corrected chi connectivity index (χ2v) is 4.55. The van der Waals surface area contributed by atoms with E-state index in [0.29, 0.717) is 30.9 Å². The van der Waals surface area contributed by atoms with Crippen molar-refractivity contribution in [1.82, 2.24) is 10.2 Å².